The van der Waals surface area contributed by atoms with Crippen LogP contribution in [0.3, 0.4) is 0 Å². The van der Waals surface area contributed by atoms with E-state index >= 15 is 0 Å². The molecule has 9 heteroatoms. The minimum atomic E-state index is -3.86. The minimum Gasteiger partial charge on any atom is -0.381 e. The van der Waals surface area contributed by atoms with Crippen molar-refractivity contribution in [3.8, 4) is 0 Å². The number of hydrogen-bond acceptors (Lipinski definition) is 5. The first-order valence-electron chi connectivity index (χ1n) is 9.39. The van der Waals surface area contributed by atoms with Crippen molar-refractivity contribution in [3.05, 3.63) is 46.9 Å². The molecule has 0 saturated carbocycles. The summed E-state index contributed by atoms with van der Waals surface area (Å²) < 4.78 is 37.9. The molecule has 2 aliphatic rings. The van der Waals surface area contributed by atoms with E-state index in [2.05, 4.69) is 15.5 Å². The van der Waals surface area contributed by atoms with Gasteiger partial charge in [0.25, 0.3) is 0 Å². The van der Waals surface area contributed by atoms with Crippen LogP contribution in [-0.2, 0) is 10.0 Å². The molecule has 7 nitrogen and oxygen atoms in total. The highest BCUT2D eigenvalue weighted by Crippen LogP contribution is 2.35. The van der Waals surface area contributed by atoms with Crippen molar-refractivity contribution in [1.82, 2.24) is 15.1 Å². The molecule has 0 bridgehead atoms. The van der Waals surface area contributed by atoms with Gasteiger partial charge in [0, 0.05) is 36.1 Å². The van der Waals surface area contributed by atoms with Gasteiger partial charge >= 0.3 is 0 Å². The van der Waals surface area contributed by atoms with Crippen LogP contribution in [0.15, 0.2) is 46.9 Å². The molecule has 1 aliphatic heterocycles. The van der Waals surface area contributed by atoms with E-state index in [0.29, 0.717) is 12.2 Å². The average molecular weight is 405 g/mol. The lowest BCUT2D eigenvalue weighted by molar-refractivity contribution is 0.235. The van der Waals surface area contributed by atoms with Crippen molar-refractivity contribution >= 4 is 26.6 Å². The van der Waals surface area contributed by atoms with E-state index in [-0.39, 0.29) is 23.3 Å². The Balaban J connectivity index is 1.52. The second-order valence-electron chi connectivity index (χ2n) is 7.60. The van der Waals surface area contributed by atoms with Crippen LogP contribution in [0.5, 0.6) is 0 Å². The third kappa shape index (κ3) is 3.77. The fourth-order valence-electron chi connectivity index (χ4n) is 4.15. The zero-order chi connectivity index (χ0) is 19.9. The molecule has 1 saturated heterocycles. The van der Waals surface area contributed by atoms with Gasteiger partial charge < -0.3 is 10.2 Å². The molecule has 4 rings (SSSR count). The maximum Gasteiger partial charge on any atom is 0.234 e. The summed E-state index contributed by atoms with van der Waals surface area (Å²) in [5.41, 5.74) is 2.56. The Kier molecular flexibility index (Phi) is 4.88. The highest BCUT2D eigenvalue weighted by atomic mass is 32.2. The zero-order valence-corrected chi connectivity index (χ0v) is 16.5. The van der Waals surface area contributed by atoms with Crippen LogP contribution < -0.4 is 10.5 Å². The van der Waals surface area contributed by atoms with Crippen molar-refractivity contribution in [2.75, 3.05) is 18.4 Å². The van der Waals surface area contributed by atoms with Crippen molar-refractivity contribution in [3.63, 3.8) is 0 Å². The molecule has 4 N–H and O–H groups in total. The van der Waals surface area contributed by atoms with E-state index < -0.39 is 15.9 Å². The molecule has 150 valence electrons. The molecular weight excluding hydrogens is 381 g/mol. The molecule has 1 aromatic carbocycles. The van der Waals surface area contributed by atoms with Gasteiger partial charge in [0.05, 0.1) is 22.3 Å². The van der Waals surface area contributed by atoms with Crippen LogP contribution in [0.1, 0.15) is 26.2 Å². The fraction of sp³-hybridized carbons (Fsp3) is 0.421. The number of aromatic amines is 1. The number of nitrogens with zero attached hydrogens (tertiary/aromatic N) is 2. The van der Waals surface area contributed by atoms with Gasteiger partial charge in [0.15, 0.2) is 0 Å². The zero-order valence-electron chi connectivity index (χ0n) is 15.7. The highest BCUT2D eigenvalue weighted by molar-refractivity contribution is 7.93. The van der Waals surface area contributed by atoms with E-state index in [1.807, 2.05) is 30.0 Å². The second kappa shape index (κ2) is 7.21. The number of nitrogens with two attached hydrogens (primary N) is 1. The Morgan fingerprint density at radius 3 is 2.96 bits per heavy atom. The van der Waals surface area contributed by atoms with Crippen molar-refractivity contribution < 1.29 is 12.8 Å². The number of nitrogens with one attached hydrogen (secondary N) is 2. The lowest BCUT2D eigenvalue weighted by atomic mass is 9.94. The van der Waals surface area contributed by atoms with E-state index in [0.717, 1.165) is 42.1 Å². The summed E-state index contributed by atoms with van der Waals surface area (Å²) in [6.45, 7) is 3.26. The number of rotatable bonds is 4. The average Bonchev–Trinajstić information content (AvgIpc) is 3.08. The predicted octanol–water partition coefficient (Wildman–Crippen LogP) is 2.83. The molecule has 1 fully saturated rings. The van der Waals surface area contributed by atoms with Crippen molar-refractivity contribution in [2.45, 2.75) is 32.2 Å². The third-order valence-corrected chi connectivity index (χ3v) is 6.46. The molecule has 2 aromatic rings. The first-order valence-corrected chi connectivity index (χ1v) is 10.9. The molecule has 0 amide bonds. The number of aromatic nitrogens is 2. The number of anilines is 1. The molecule has 1 aromatic heterocycles. The summed E-state index contributed by atoms with van der Waals surface area (Å²) in [6, 6.07) is 6.20. The number of allylic oxidation sites excluding steroid dienone is 4. The van der Waals surface area contributed by atoms with E-state index in [4.69, 9.17) is 5.14 Å². The summed E-state index contributed by atoms with van der Waals surface area (Å²) in [5, 5.41) is 16.7. The number of sulfonamides is 1. The quantitative estimate of drug-likeness (QED) is 0.726. The largest absolute Gasteiger partial charge is 0.381 e. The Labute approximate surface area is 163 Å². The number of likely N-dealkylation sites (tertiary alicyclic amines) is 1. The van der Waals surface area contributed by atoms with Crippen molar-refractivity contribution in [2.24, 2.45) is 11.1 Å². The van der Waals surface area contributed by atoms with Gasteiger partial charge in [-0.2, -0.15) is 5.10 Å². The molecule has 0 spiro atoms. The van der Waals surface area contributed by atoms with Crippen LogP contribution in [-0.4, -0.2) is 42.6 Å². The van der Waals surface area contributed by atoms with Gasteiger partial charge in [-0.1, -0.05) is 6.92 Å². The summed E-state index contributed by atoms with van der Waals surface area (Å²) in [7, 11) is -3.86. The lowest BCUT2D eigenvalue weighted by Gasteiger charge is -2.39. The van der Waals surface area contributed by atoms with Gasteiger partial charge in [0.1, 0.15) is 5.83 Å². The molecule has 1 aliphatic carbocycles. The molecule has 28 heavy (non-hydrogen) atoms. The monoisotopic (exact) mass is 405 g/mol. The van der Waals surface area contributed by atoms with Gasteiger partial charge in [-0.05, 0) is 43.5 Å². The van der Waals surface area contributed by atoms with Crippen LogP contribution in [0, 0.1) is 5.92 Å². The van der Waals surface area contributed by atoms with Gasteiger partial charge in [0.2, 0.25) is 10.0 Å². The van der Waals surface area contributed by atoms with Crippen LogP contribution in [0.2, 0.25) is 0 Å². The minimum absolute atomic E-state index is 0.0404. The first kappa shape index (κ1) is 18.9. The maximum atomic E-state index is 14.8. The standard InChI is InChI=1S/C19H24FN5O2S/c1-12-7-16(28(21,26)27)9-17(20)19(12)25-6-2-3-15(11-25)23-14-4-5-18-13(8-14)10-22-24-18/h4-5,8-10,12,15,23H,2-3,6-7,11H2,1H3,(H,22,24)(H2,21,26,27). The van der Waals surface area contributed by atoms with E-state index in [1.54, 1.807) is 6.20 Å². The van der Waals surface area contributed by atoms with Gasteiger partial charge in [-0.15, -0.1) is 0 Å². The molecule has 2 unspecified atom stereocenters. The Morgan fingerprint density at radius 1 is 1.39 bits per heavy atom. The van der Waals surface area contributed by atoms with Gasteiger partial charge in [-0.3, -0.25) is 5.10 Å². The maximum absolute atomic E-state index is 14.8. The molecule has 2 atom stereocenters. The lowest BCUT2D eigenvalue weighted by Crippen LogP contribution is -2.43. The molecule has 2 heterocycles. The number of H-pyrrole nitrogens is 1. The first-order chi connectivity index (χ1) is 13.3. The number of hydrogen-bond donors (Lipinski definition) is 3. The number of benzene rings is 1. The van der Waals surface area contributed by atoms with Crippen LogP contribution in [0.25, 0.3) is 10.9 Å². The SMILES string of the molecule is CC1CC(S(N)(=O)=O)=CC(F)=C1N1CCCC(Nc2ccc3[nH]ncc3c2)C1. The molecule has 0 radical (unpaired) electrons. The number of piperidine rings is 1. The van der Waals surface area contributed by atoms with E-state index in [1.165, 1.54) is 0 Å². The fourth-order valence-corrected chi connectivity index (χ4v) is 4.90. The Morgan fingerprint density at radius 2 is 2.21 bits per heavy atom. The van der Waals surface area contributed by atoms with Crippen LogP contribution >= 0.6 is 0 Å². The number of halogens is 1. The van der Waals surface area contributed by atoms with Gasteiger partial charge in [-0.25, -0.2) is 17.9 Å². The summed E-state index contributed by atoms with van der Waals surface area (Å²) in [6.07, 6.45) is 5.01. The predicted molar refractivity (Wildman–Crippen MR) is 107 cm³/mol. The number of primary sulfonamides is 1. The topological polar surface area (TPSA) is 104 Å². The highest BCUT2D eigenvalue weighted by Gasteiger charge is 2.31. The number of fused-ring (bicyclic) bond motifs is 1. The summed E-state index contributed by atoms with van der Waals surface area (Å²) in [5.74, 6) is -0.734. The van der Waals surface area contributed by atoms with E-state index in [9.17, 15) is 12.8 Å². The third-order valence-electron chi connectivity index (χ3n) is 5.45. The van der Waals surface area contributed by atoms with Crippen molar-refractivity contribution in [1.29, 1.82) is 0 Å². The Hall–Kier alpha value is -2.39. The van der Waals surface area contributed by atoms with Crippen LogP contribution in [0.4, 0.5) is 10.1 Å². The summed E-state index contributed by atoms with van der Waals surface area (Å²) >= 11 is 0. The normalized spacial score (nSPS) is 23.8. The Bertz CT molecular complexity index is 1060. The summed E-state index contributed by atoms with van der Waals surface area (Å²) in [4.78, 5) is 2.00. The second-order valence-corrected chi connectivity index (χ2v) is 9.21. The smallest absolute Gasteiger partial charge is 0.234 e. The molecular formula is C19H24FN5O2S.